The van der Waals surface area contributed by atoms with Crippen molar-refractivity contribution in [2.45, 2.75) is 52.1 Å². The molecule has 5 nitrogen and oxygen atoms in total. The molecule has 1 unspecified atom stereocenters. The predicted octanol–water partition coefficient (Wildman–Crippen LogP) is 6.81. The van der Waals surface area contributed by atoms with Gasteiger partial charge in [0, 0.05) is 0 Å². The molecule has 4 aromatic carbocycles. The van der Waals surface area contributed by atoms with Gasteiger partial charge in [0.2, 0.25) is 0 Å². The Morgan fingerprint density at radius 2 is 1.39 bits per heavy atom. The van der Waals surface area contributed by atoms with Crippen molar-refractivity contribution in [3.63, 3.8) is 0 Å². The molecule has 0 fully saturated rings. The lowest BCUT2D eigenvalue weighted by molar-refractivity contribution is 0.0940. The average molecular weight is 527 g/mol. The molecule has 0 aliphatic carbocycles. The van der Waals surface area contributed by atoms with Gasteiger partial charge in [-0.2, -0.15) is 0 Å². The van der Waals surface area contributed by atoms with E-state index in [0.29, 0.717) is 11.3 Å². The molecule has 38 heavy (non-hydrogen) atoms. The van der Waals surface area contributed by atoms with Crippen LogP contribution >= 0.6 is 0 Å². The molecule has 0 saturated carbocycles. The summed E-state index contributed by atoms with van der Waals surface area (Å²) >= 11 is 0. The van der Waals surface area contributed by atoms with Crippen molar-refractivity contribution in [3.8, 4) is 0 Å². The Bertz CT molecular complexity index is 1550. The number of benzene rings is 4. The summed E-state index contributed by atoms with van der Waals surface area (Å²) in [6, 6.07) is 27.0. The maximum absolute atomic E-state index is 14.0. The average Bonchev–Trinajstić information content (AvgIpc) is 2.90. The van der Waals surface area contributed by atoms with Gasteiger partial charge in [-0.3, -0.25) is 9.10 Å². The number of sulfonamides is 1. The standard InChI is InChI=1S/C32H34N2O3S/c1-22-15-17-28(18-16-22)38(36,37)34(21-27-11-7-6-8-12-27)31-14-10-9-13-29(31)32(35)33-26(5)30-20-24(3)23(2)19-25(30)4/h6-20,26H,21H2,1-5H3,(H,33,35). The minimum absolute atomic E-state index is 0.0904. The van der Waals surface area contributed by atoms with E-state index in [1.54, 1.807) is 48.5 Å². The van der Waals surface area contributed by atoms with Crippen molar-refractivity contribution >= 4 is 21.6 Å². The van der Waals surface area contributed by atoms with Crippen LogP contribution in [0.1, 0.15) is 56.7 Å². The molecule has 1 atom stereocenters. The zero-order valence-electron chi connectivity index (χ0n) is 22.5. The van der Waals surface area contributed by atoms with E-state index in [4.69, 9.17) is 0 Å². The molecule has 4 aromatic rings. The number of rotatable bonds is 8. The van der Waals surface area contributed by atoms with Crippen molar-refractivity contribution in [2.75, 3.05) is 4.31 Å². The molecule has 0 radical (unpaired) electrons. The second-order valence-corrected chi connectivity index (χ2v) is 11.7. The number of anilines is 1. The van der Waals surface area contributed by atoms with Crippen LogP contribution in [0.15, 0.2) is 95.9 Å². The monoisotopic (exact) mass is 526 g/mol. The van der Waals surface area contributed by atoms with Crippen LogP contribution in [0.4, 0.5) is 5.69 Å². The van der Waals surface area contributed by atoms with Gasteiger partial charge in [0.25, 0.3) is 15.9 Å². The fourth-order valence-corrected chi connectivity index (χ4v) is 6.04. The Morgan fingerprint density at radius 3 is 2.08 bits per heavy atom. The summed E-state index contributed by atoms with van der Waals surface area (Å²) in [6.45, 7) is 10.1. The van der Waals surface area contributed by atoms with Gasteiger partial charge in [0.15, 0.2) is 0 Å². The van der Waals surface area contributed by atoms with Gasteiger partial charge >= 0.3 is 0 Å². The van der Waals surface area contributed by atoms with E-state index in [0.717, 1.165) is 27.8 Å². The van der Waals surface area contributed by atoms with Crippen molar-refractivity contribution in [3.05, 3.63) is 130 Å². The molecular weight excluding hydrogens is 492 g/mol. The van der Waals surface area contributed by atoms with Gasteiger partial charge in [0.1, 0.15) is 0 Å². The normalized spacial score (nSPS) is 12.1. The Morgan fingerprint density at radius 1 is 0.789 bits per heavy atom. The van der Waals surface area contributed by atoms with Gasteiger partial charge in [-0.15, -0.1) is 0 Å². The smallest absolute Gasteiger partial charge is 0.264 e. The third-order valence-corrected chi connectivity index (χ3v) is 8.67. The zero-order chi connectivity index (χ0) is 27.4. The third kappa shape index (κ3) is 5.81. The molecule has 0 bridgehead atoms. The second kappa shape index (κ2) is 11.2. The van der Waals surface area contributed by atoms with E-state index in [2.05, 4.69) is 31.3 Å². The number of nitrogens with one attached hydrogen (secondary N) is 1. The minimum atomic E-state index is -3.97. The second-order valence-electron chi connectivity index (χ2n) is 9.82. The summed E-state index contributed by atoms with van der Waals surface area (Å²) in [6.07, 6.45) is 0. The summed E-state index contributed by atoms with van der Waals surface area (Å²) in [5.41, 5.74) is 6.91. The number of amides is 1. The molecule has 1 amide bonds. The lowest BCUT2D eigenvalue weighted by atomic mass is 9.96. The number of carbonyl (C=O) groups is 1. The van der Waals surface area contributed by atoms with Crippen LogP contribution in [0, 0.1) is 27.7 Å². The number of hydrogen-bond donors (Lipinski definition) is 1. The Kier molecular flexibility index (Phi) is 8.02. The summed E-state index contributed by atoms with van der Waals surface area (Å²) in [5.74, 6) is -0.331. The Balaban J connectivity index is 1.75. The lowest BCUT2D eigenvalue weighted by Gasteiger charge is -2.27. The number of aryl methyl sites for hydroxylation is 4. The third-order valence-electron chi connectivity index (χ3n) is 6.89. The van der Waals surface area contributed by atoms with Crippen LogP contribution < -0.4 is 9.62 Å². The highest BCUT2D eigenvalue weighted by Crippen LogP contribution is 2.30. The SMILES string of the molecule is Cc1ccc(S(=O)(=O)N(Cc2ccccc2)c2ccccc2C(=O)NC(C)c2cc(C)c(C)cc2C)cc1. The maximum Gasteiger partial charge on any atom is 0.264 e. The molecule has 0 aromatic heterocycles. The highest BCUT2D eigenvalue weighted by atomic mass is 32.2. The first-order valence-electron chi connectivity index (χ1n) is 12.7. The summed E-state index contributed by atoms with van der Waals surface area (Å²) < 4.78 is 29.3. The molecule has 0 spiro atoms. The fraction of sp³-hybridized carbons (Fsp3) is 0.219. The molecule has 4 rings (SSSR count). The van der Waals surface area contributed by atoms with Crippen molar-refractivity contribution in [1.82, 2.24) is 5.32 Å². The highest BCUT2D eigenvalue weighted by molar-refractivity contribution is 7.92. The van der Waals surface area contributed by atoms with Gasteiger partial charge in [0.05, 0.1) is 28.7 Å². The van der Waals surface area contributed by atoms with E-state index < -0.39 is 10.0 Å². The van der Waals surface area contributed by atoms with E-state index in [1.165, 1.54) is 9.87 Å². The molecule has 196 valence electrons. The molecule has 1 N–H and O–H groups in total. The topological polar surface area (TPSA) is 66.5 Å². The number of carbonyl (C=O) groups excluding carboxylic acids is 1. The highest BCUT2D eigenvalue weighted by Gasteiger charge is 2.29. The van der Waals surface area contributed by atoms with Crippen LogP contribution in [-0.2, 0) is 16.6 Å². The van der Waals surface area contributed by atoms with Crippen LogP contribution in [0.5, 0.6) is 0 Å². The van der Waals surface area contributed by atoms with Gasteiger partial charge < -0.3 is 5.32 Å². The number of nitrogens with zero attached hydrogens (tertiary/aromatic N) is 1. The van der Waals surface area contributed by atoms with Crippen molar-refractivity contribution in [1.29, 1.82) is 0 Å². The summed E-state index contributed by atoms with van der Waals surface area (Å²) in [4.78, 5) is 13.8. The van der Waals surface area contributed by atoms with Gasteiger partial charge in [-0.1, -0.05) is 72.3 Å². The predicted molar refractivity (Wildman–Crippen MR) is 154 cm³/mol. The fourth-order valence-electron chi connectivity index (χ4n) is 4.57. The quantitative estimate of drug-likeness (QED) is 0.274. The molecular formula is C32H34N2O3S. The van der Waals surface area contributed by atoms with Crippen LogP contribution in [0.3, 0.4) is 0 Å². The van der Waals surface area contributed by atoms with Crippen molar-refractivity contribution in [2.24, 2.45) is 0 Å². The minimum Gasteiger partial charge on any atom is -0.345 e. The zero-order valence-corrected chi connectivity index (χ0v) is 23.3. The van der Waals surface area contributed by atoms with E-state index in [9.17, 15) is 13.2 Å². The Labute approximate surface area is 226 Å². The van der Waals surface area contributed by atoms with Crippen LogP contribution in [0.2, 0.25) is 0 Å². The number of para-hydroxylation sites is 1. The van der Waals surface area contributed by atoms with Crippen molar-refractivity contribution < 1.29 is 13.2 Å². The first-order chi connectivity index (χ1) is 18.1. The van der Waals surface area contributed by atoms with Gasteiger partial charge in [-0.05, 0) is 86.7 Å². The first-order valence-corrected chi connectivity index (χ1v) is 14.1. The Hall–Kier alpha value is -3.90. The van der Waals surface area contributed by atoms with E-state index >= 15 is 0 Å². The number of hydrogen-bond acceptors (Lipinski definition) is 3. The molecule has 0 aliphatic heterocycles. The molecule has 0 aliphatic rings. The lowest BCUT2D eigenvalue weighted by Crippen LogP contribution is -2.34. The molecule has 6 heteroatoms. The molecule has 0 saturated heterocycles. The van der Waals surface area contributed by atoms with Crippen LogP contribution in [-0.4, -0.2) is 14.3 Å². The summed E-state index contributed by atoms with van der Waals surface area (Å²) in [5, 5.41) is 3.10. The van der Waals surface area contributed by atoms with E-state index in [1.807, 2.05) is 51.1 Å². The first kappa shape index (κ1) is 27.1. The van der Waals surface area contributed by atoms with E-state index in [-0.39, 0.29) is 23.4 Å². The van der Waals surface area contributed by atoms with Crippen LogP contribution in [0.25, 0.3) is 0 Å². The maximum atomic E-state index is 14.0. The largest absolute Gasteiger partial charge is 0.345 e. The molecule has 0 heterocycles. The van der Waals surface area contributed by atoms with Gasteiger partial charge in [-0.25, -0.2) is 8.42 Å². The summed E-state index contributed by atoms with van der Waals surface area (Å²) in [7, 11) is -3.97.